The molecule has 28 heavy (non-hydrogen) atoms. The number of fused-ring (bicyclic) bond motifs is 1. The summed E-state index contributed by atoms with van der Waals surface area (Å²) in [5, 5.41) is 2.86. The predicted octanol–water partition coefficient (Wildman–Crippen LogP) is 2.45. The lowest BCUT2D eigenvalue weighted by Crippen LogP contribution is -2.33. The SMILES string of the molecule is O=C(NCCN1CCCC1)c1ccc2c(c1)C(=O)N(c1ccc(F)cc1)C2=O. The molecule has 0 aromatic heterocycles. The Hall–Kier alpha value is -3.06. The molecule has 1 saturated heterocycles. The van der Waals surface area contributed by atoms with E-state index in [1.165, 1.54) is 49.2 Å². The molecule has 3 amide bonds. The first-order chi connectivity index (χ1) is 13.5. The Balaban J connectivity index is 1.48. The summed E-state index contributed by atoms with van der Waals surface area (Å²) in [7, 11) is 0. The van der Waals surface area contributed by atoms with Gasteiger partial charge in [0, 0.05) is 18.7 Å². The molecule has 0 spiro atoms. The van der Waals surface area contributed by atoms with Gasteiger partial charge in [0.1, 0.15) is 5.82 Å². The number of hydrogen-bond donors (Lipinski definition) is 1. The summed E-state index contributed by atoms with van der Waals surface area (Å²) in [6.07, 6.45) is 2.39. The molecule has 144 valence electrons. The number of nitrogens with zero attached hydrogens (tertiary/aromatic N) is 2. The van der Waals surface area contributed by atoms with Crippen LogP contribution in [0.2, 0.25) is 0 Å². The number of anilines is 1. The highest BCUT2D eigenvalue weighted by molar-refractivity contribution is 6.34. The molecule has 6 nitrogen and oxygen atoms in total. The van der Waals surface area contributed by atoms with Crippen LogP contribution in [0.3, 0.4) is 0 Å². The van der Waals surface area contributed by atoms with E-state index in [4.69, 9.17) is 0 Å². The lowest BCUT2D eigenvalue weighted by Gasteiger charge is -2.14. The van der Waals surface area contributed by atoms with Gasteiger partial charge >= 0.3 is 0 Å². The van der Waals surface area contributed by atoms with E-state index < -0.39 is 17.6 Å². The molecule has 0 unspecified atom stereocenters. The Morgan fingerprint density at radius 3 is 2.36 bits per heavy atom. The number of rotatable bonds is 5. The summed E-state index contributed by atoms with van der Waals surface area (Å²) in [4.78, 5) is 41.0. The normalized spacial score (nSPS) is 16.5. The standard InChI is InChI=1S/C21H20FN3O3/c22-15-4-6-16(7-5-15)25-20(27)17-8-3-14(13-18(17)21(25)28)19(26)23-9-12-24-10-1-2-11-24/h3-8,13H,1-2,9-12H2,(H,23,26). The van der Waals surface area contributed by atoms with Crippen molar-refractivity contribution in [1.82, 2.24) is 10.2 Å². The number of amides is 3. The molecule has 0 bridgehead atoms. The van der Waals surface area contributed by atoms with Gasteiger partial charge in [0.15, 0.2) is 0 Å². The average molecular weight is 381 g/mol. The number of halogens is 1. The lowest BCUT2D eigenvalue weighted by atomic mass is 10.1. The first-order valence-corrected chi connectivity index (χ1v) is 9.33. The molecule has 2 aromatic rings. The van der Waals surface area contributed by atoms with Crippen molar-refractivity contribution >= 4 is 23.4 Å². The van der Waals surface area contributed by atoms with Gasteiger partial charge in [-0.2, -0.15) is 0 Å². The van der Waals surface area contributed by atoms with Crippen molar-refractivity contribution in [3.05, 3.63) is 65.0 Å². The van der Waals surface area contributed by atoms with Crippen LogP contribution in [0.15, 0.2) is 42.5 Å². The molecule has 0 aliphatic carbocycles. The lowest BCUT2D eigenvalue weighted by molar-refractivity contribution is 0.0923. The molecule has 1 fully saturated rings. The van der Waals surface area contributed by atoms with Crippen molar-refractivity contribution in [3.63, 3.8) is 0 Å². The largest absolute Gasteiger partial charge is 0.351 e. The summed E-state index contributed by atoms with van der Waals surface area (Å²) < 4.78 is 13.1. The van der Waals surface area contributed by atoms with Crippen LogP contribution in [0.25, 0.3) is 0 Å². The molecule has 2 aromatic carbocycles. The fourth-order valence-corrected chi connectivity index (χ4v) is 3.64. The fourth-order valence-electron chi connectivity index (χ4n) is 3.64. The summed E-state index contributed by atoms with van der Waals surface area (Å²) in [6.45, 7) is 3.45. The van der Waals surface area contributed by atoms with Crippen molar-refractivity contribution in [2.75, 3.05) is 31.1 Å². The van der Waals surface area contributed by atoms with E-state index in [2.05, 4.69) is 10.2 Å². The second kappa shape index (κ2) is 7.52. The van der Waals surface area contributed by atoms with Gasteiger partial charge in [-0.1, -0.05) is 0 Å². The molecule has 1 N–H and O–H groups in total. The Bertz CT molecular complexity index is 936. The van der Waals surface area contributed by atoms with Crippen LogP contribution in [0.5, 0.6) is 0 Å². The molecule has 0 atom stereocenters. The third-order valence-electron chi connectivity index (χ3n) is 5.15. The number of likely N-dealkylation sites (tertiary alicyclic amines) is 1. The van der Waals surface area contributed by atoms with Crippen LogP contribution < -0.4 is 10.2 Å². The van der Waals surface area contributed by atoms with Gasteiger partial charge in [-0.15, -0.1) is 0 Å². The molecule has 2 aliphatic heterocycles. The minimum Gasteiger partial charge on any atom is -0.351 e. The van der Waals surface area contributed by atoms with Crippen LogP contribution in [0.1, 0.15) is 43.9 Å². The van der Waals surface area contributed by atoms with E-state index in [0.29, 0.717) is 17.8 Å². The van der Waals surface area contributed by atoms with Crippen LogP contribution in [0.4, 0.5) is 10.1 Å². The molecule has 0 radical (unpaired) electrons. The molecule has 2 aliphatic rings. The number of carbonyl (C=O) groups is 3. The summed E-state index contributed by atoms with van der Waals surface area (Å²) in [5.74, 6) is -1.72. The van der Waals surface area contributed by atoms with E-state index in [9.17, 15) is 18.8 Å². The van der Waals surface area contributed by atoms with Gasteiger partial charge in [-0.3, -0.25) is 14.4 Å². The zero-order valence-electron chi connectivity index (χ0n) is 15.3. The van der Waals surface area contributed by atoms with Crippen molar-refractivity contribution in [2.45, 2.75) is 12.8 Å². The zero-order chi connectivity index (χ0) is 19.7. The van der Waals surface area contributed by atoms with E-state index in [-0.39, 0.29) is 17.0 Å². The van der Waals surface area contributed by atoms with Crippen LogP contribution in [0, 0.1) is 5.82 Å². The smallest absolute Gasteiger partial charge is 0.266 e. The number of benzene rings is 2. The Morgan fingerprint density at radius 2 is 1.64 bits per heavy atom. The maximum Gasteiger partial charge on any atom is 0.266 e. The summed E-state index contributed by atoms with van der Waals surface area (Å²) in [5.41, 5.74) is 1.05. The van der Waals surface area contributed by atoms with E-state index in [0.717, 1.165) is 24.5 Å². The highest BCUT2D eigenvalue weighted by Crippen LogP contribution is 2.29. The van der Waals surface area contributed by atoms with Crippen molar-refractivity contribution in [2.24, 2.45) is 0 Å². The highest BCUT2D eigenvalue weighted by Gasteiger charge is 2.37. The highest BCUT2D eigenvalue weighted by atomic mass is 19.1. The summed E-state index contributed by atoms with van der Waals surface area (Å²) in [6, 6.07) is 9.63. The fraction of sp³-hybridized carbons (Fsp3) is 0.286. The van der Waals surface area contributed by atoms with Gasteiger partial charge in [0.05, 0.1) is 16.8 Å². The topological polar surface area (TPSA) is 69.7 Å². The van der Waals surface area contributed by atoms with Crippen molar-refractivity contribution < 1.29 is 18.8 Å². The van der Waals surface area contributed by atoms with Crippen LogP contribution in [-0.4, -0.2) is 48.8 Å². The minimum absolute atomic E-state index is 0.182. The summed E-state index contributed by atoms with van der Waals surface area (Å²) >= 11 is 0. The molecule has 7 heteroatoms. The maximum atomic E-state index is 13.1. The third-order valence-corrected chi connectivity index (χ3v) is 5.15. The Morgan fingerprint density at radius 1 is 0.964 bits per heavy atom. The zero-order valence-corrected chi connectivity index (χ0v) is 15.3. The third kappa shape index (κ3) is 3.41. The number of hydrogen-bond acceptors (Lipinski definition) is 4. The monoisotopic (exact) mass is 381 g/mol. The van der Waals surface area contributed by atoms with Gasteiger partial charge < -0.3 is 10.2 Å². The Labute approximate surface area is 161 Å². The van der Waals surface area contributed by atoms with E-state index in [1.807, 2.05) is 0 Å². The van der Waals surface area contributed by atoms with Crippen LogP contribution >= 0.6 is 0 Å². The number of carbonyl (C=O) groups excluding carboxylic acids is 3. The van der Waals surface area contributed by atoms with Gasteiger partial charge in [-0.25, -0.2) is 9.29 Å². The quantitative estimate of drug-likeness (QED) is 0.808. The molecule has 2 heterocycles. The second-order valence-electron chi connectivity index (χ2n) is 6.99. The maximum absolute atomic E-state index is 13.1. The van der Waals surface area contributed by atoms with Crippen molar-refractivity contribution in [1.29, 1.82) is 0 Å². The first-order valence-electron chi connectivity index (χ1n) is 9.33. The first kappa shape index (κ1) is 18.3. The van der Waals surface area contributed by atoms with E-state index >= 15 is 0 Å². The van der Waals surface area contributed by atoms with Gasteiger partial charge in [0.2, 0.25) is 0 Å². The van der Waals surface area contributed by atoms with Gasteiger partial charge in [-0.05, 0) is 68.4 Å². The number of imide groups is 1. The Kier molecular flexibility index (Phi) is 4.92. The molecular formula is C21H20FN3O3. The average Bonchev–Trinajstić information content (AvgIpc) is 3.30. The molecule has 4 rings (SSSR count). The molecular weight excluding hydrogens is 361 g/mol. The molecule has 0 saturated carbocycles. The second-order valence-corrected chi connectivity index (χ2v) is 6.99. The predicted molar refractivity (Wildman–Crippen MR) is 102 cm³/mol. The van der Waals surface area contributed by atoms with Crippen molar-refractivity contribution in [3.8, 4) is 0 Å². The minimum atomic E-state index is -0.515. The van der Waals surface area contributed by atoms with E-state index in [1.54, 1.807) is 6.07 Å². The van der Waals surface area contributed by atoms with Gasteiger partial charge in [0.25, 0.3) is 17.7 Å². The van der Waals surface area contributed by atoms with Crippen LogP contribution in [-0.2, 0) is 0 Å². The number of nitrogens with one attached hydrogen (secondary N) is 1.